The first kappa shape index (κ1) is 20.2. The second kappa shape index (κ2) is 7.23. The normalized spacial score (nSPS) is 26.5. The number of phosphoric ester groups is 1. The Balaban J connectivity index is 2.05. The highest BCUT2D eigenvalue weighted by Crippen LogP contribution is 2.57. The number of hydrogen-bond acceptors (Lipinski definition) is 9. The number of aryl methyl sites for hydroxylation is 1. The topological polar surface area (TPSA) is 204 Å². The first-order chi connectivity index (χ1) is 11.4. The van der Waals surface area contributed by atoms with Crippen molar-refractivity contribution in [1.82, 2.24) is 9.55 Å². The summed E-state index contributed by atoms with van der Waals surface area (Å²) < 4.78 is 36.5. The third-order valence-corrected chi connectivity index (χ3v) is 5.45. The zero-order valence-corrected chi connectivity index (χ0v) is 14.6. The summed E-state index contributed by atoms with van der Waals surface area (Å²) in [6.07, 6.45) is -1.91. The molecular weight excluding hydrogens is 384 g/mol. The fourth-order valence-electron chi connectivity index (χ4n) is 2.15. The van der Waals surface area contributed by atoms with Gasteiger partial charge < -0.3 is 30.3 Å². The summed E-state index contributed by atoms with van der Waals surface area (Å²) >= 11 is 0. The summed E-state index contributed by atoms with van der Waals surface area (Å²) in [7, 11) is -10.3. The molecule has 0 spiro atoms. The number of aliphatic hydroxyl groups is 1. The van der Waals surface area contributed by atoms with Crippen LogP contribution in [-0.4, -0.2) is 48.2 Å². The minimum absolute atomic E-state index is 0.0476. The van der Waals surface area contributed by atoms with E-state index in [9.17, 15) is 23.9 Å². The molecule has 1 aliphatic heterocycles. The summed E-state index contributed by atoms with van der Waals surface area (Å²) in [4.78, 5) is 41.7. The lowest BCUT2D eigenvalue weighted by Crippen LogP contribution is -2.29. The number of nitrogen functional groups attached to an aromatic ring is 1. The van der Waals surface area contributed by atoms with Crippen LogP contribution in [0.15, 0.2) is 11.0 Å². The van der Waals surface area contributed by atoms with E-state index < -0.39 is 46.4 Å². The predicted molar refractivity (Wildman–Crippen MR) is 81.1 cm³/mol. The summed E-state index contributed by atoms with van der Waals surface area (Å²) in [6.45, 7) is 0.910. The Kier molecular flexibility index (Phi) is 5.84. The first-order valence-corrected chi connectivity index (χ1v) is 9.83. The Morgan fingerprint density at radius 2 is 2.08 bits per heavy atom. The number of aliphatic hydroxyl groups excluding tert-OH is 1. The molecular formula is C10H17N3O10P2. The summed E-state index contributed by atoms with van der Waals surface area (Å²) in [5.41, 5.74) is 5.32. The highest BCUT2D eigenvalue weighted by atomic mass is 31.3. The van der Waals surface area contributed by atoms with Gasteiger partial charge in [-0.1, -0.05) is 0 Å². The number of rotatable bonds is 6. The highest BCUT2D eigenvalue weighted by molar-refractivity contribution is 7.60. The Labute approximate surface area is 140 Å². The van der Waals surface area contributed by atoms with Crippen LogP contribution in [0.4, 0.5) is 5.82 Å². The standard InChI is InChI=1S/C10H17N3O10P2/c1-5-3-13(10(15)12-9(5)11)8-2-6(14)7(22-8)4-21-25(19,20)23-24(16,17)18/h3,6-8,14H,2,4H2,1H3,(H,19,20)(H2,11,12,15)(H2,16,17,18). The van der Waals surface area contributed by atoms with Gasteiger partial charge in [0.15, 0.2) is 0 Å². The predicted octanol–water partition coefficient (Wildman–Crippen LogP) is -0.991. The lowest BCUT2D eigenvalue weighted by molar-refractivity contribution is -0.0450. The van der Waals surface area contributed by atoms with Gasteiger partial charge in [0.2, 0.25) is 0 Å². The van der Waals surface area contributed by atoms with E-state index in [1.165, 1.54) is 6.20 Å². The molecule has 2 rings (SSSR count). The quantitative estimate of drug-likeness (QED) is 0.365. The zero-order chi connectivity index (χ0) is 19.0. The molecule has 1 saturated heterocycles. The number of hydrogen-bond donors (Lipinski definition) is 5. The molecule has 4 unspecified atom stereocenters. The van der Waals surface area contributed by atoms with Gasteiger partial charge in [-0.05, 0) is 6.92 Å². The SMILES string of the molecule is Cc1cn(C2CC(O)C(COP(=O)(O)OP(=O)(O)O)O2)c(=O)nc1N. The fourth-order valence-corrected chi connectivity index (χ4v) is 3.75. The van der Waals surface area contributed by atoms with Crippen LogP contribution in [0.2, 0.25) is 0 Å². The largest absolute Gasteiger partial charge is 0.481 e. The molecule has 0 saturated carbocycles. The van der Waals surface area contributed by atoms with E-state index >= 15 is 0 Å². The molecule has 15 heteroatoms. The number of nitrogens with zero attached hydrogens (tertiary/aromatic N) is 2. The molecule has 0 aromatic carbocycles. The van der Waals surface area contributed by atoms with Crippen LogP contribution in [0, 0.1) is 6.92 Å². The van der Waals surface area contributed by atoms with Crippen LogP contribution in [0.3, 0.4) is 0 Å². The van der Waals surface area contributed by atoms with E-state index in [1.807, 2.05) is 0 Å². The van der Waals surface area contributed by atoms with Crippen molar-refractivity contribution in [3.8, 4) is 0 Å². The van der Waals surface area contributed by atoms with Gasteiger partial charge in [-0.25, -0.2) is 13.9 Å². The van der Waals surface area contributed by atoms with Crippen LogP contribution in [0.1, 0.15) is 18.2 Å². The van der Waals surface area contributed by atoms with Gasteiger partial charge in [0.05, 0.1) is 12.7 Å². The van der Waals surface area contributed by atoms with Crippen LogP contribution in [0.5, 0.6) is 0 Å². The fraction of sp³-hybridized carbons (Fsp3) is 0.600. The molecule has 6 N–H and O–H groups in total. The second-order valence-electron chi connectivity index (χ2n) is 5.27. The molecule has 142 valence electrons. The molecule has 4 atom stereocenters. The van der Waals surface area contributed by atoms with Crippen molar-refractivity contribution in [2.45, 2.75) is 31.8 Å². The third-order valence-electron chi connectivity index (χ3n) is 3.30. The van der Waals surface area contributed by atoms with Crippen LogP contribution in [0.25, 0.3) is 0 Å². The molecule has 1 fully saturated rings. The molecule has 0 bridgehead atoms. The zero-order valence-electron chi connectivity index (χ0n) is 12.8. The summed E-state index contributed by atoms with van der Waals surface area (Å²) in [5, 5.41) is 9.93. The van der Waals surface area contributed by atoms with Gasteiger partial charge in [-0.2, -0.15) is 9.29 Å². The van der Waals surface area contributed by atoms with Gasteiger partial charge in [-0.3, -0.25) is 9.09 Å². The van der Waals surface area contributed by atoms with Crippen LogP contribution in [-0.2, 0) is 22.7 Å². The maximum absolute atomic E-state index is 11.9. The molecule has 0 aliphatic carbocycles. The molecule has 0 radical (unpaired) electrons. The van der Waals surface area contributed by atoms with Gasteiger partial charge in [-0.15, -0.1) is 0 Å². The molecule has 1 aliphatic rings. The smallest absolute Gasteiger partial charge is 0.390 e. The third kappa shape index (κ3) is 5.42. The van der Waals surface area contributed by atoms with Gasteiger partial charge in [0.1, 0.15) is 18.1 Å². The average Bonchev–Trinajstić information content (AvgIpc) is 2.79. The Morgan fingerprint density at radius 3 is 2.68 bits per heavy atom. The maximum Gasteiger partial charge on any atom is 0.481 e. The van der Waals surface area contributed by atoms with E-state index in [-0.39, 0.29) is 12.2 Å². The van der Waals surface area contributed by atoms with E-state index in [4.69, 9.17) is 20.3 Å². The van der Waals surface area contributed by atoms with Crippen molar-refractivity contribution in [3.05, 3.63) is 22.2 Å². The Bertz CT molecular complexity index is 792. The van der Waals surface area contributed by atoms with Gasteiger partial charge in [0, 0.05) is 18.2 Å². The number of nitrogens with two attached hydrogens (primary N) is 1. The Hall–Kier alpha value is -1.14. The molecule has 2 heterocycles. The second-order valence-corrected chi connectivity index (χ2v) is 8.10. The molecule has 13 nitrogen and oxygen atoms in total. The minimum atomic E-state index is -5.25. The highest BCUT2D eigenvalue weighted by Gasteiger charge is 2.39. The average molecular weight is 401 g/mol. The summed E-state index contributed by atoms with van der Waals surface area (Å²) in [5.74, 6) is 0.0514. The van der Waals surface area contributed by atoms with Crippen molar-refractivity contribution in [2.24, 2.45) is 0 Å². The van der Waals surface area contributed by atoms with Crippen molar-refractivity contribution in [1.29, 1.82) is 0 Å². The van der Waals surface area contributed by atoms with Gasteiger partial charge >= 0.3 is 21.3 Å². The van der Waals surface area contributed by atoms with E-state index in [0.29, 0.717) is 5.56 Å². The van der Waals surface area contributed by atoms with E-state index in [2.05, 4.69) is 13.8 Å². The monoisotopic (exact) mass is 401 g/mol. The molecule has 0 amide bonds. The van der Waals surface area contributed by atoms with E-state index in [0.717, 1.165) is 4.57 Å². The minimum Gasteiger partial charge on any atom is -0.390 e. The van der Waals surface area contributed by atoms with Crippen LogP contribution < -0.4 is 11.4 Å². The maximum atomic E-state index is 11.9. The lowest BCUT2D eigenvalue weighted by atomic mass is 10.2. The Morgan fingerprint density at radius 1 is 1.44 bits per heavy atom. The number of ether oxygens (including phenoxy) is 1. The number of phosphoric acid groups is 2. The molecule has 25 heavy (non-hydrogen) atoms. The van der Waals surface area contributed by atoms with Crippen molar-refractivity contribution in [2.75, 3.05) is 12.3 Å². The van der Waals surface area contributed by atoms with E-state index in [1.54, 1.807) is 6.92 Å². The van der Waals surface area contributed by atoms with Crippen molar-refractivity contribution in [3.63, 3.8) is 0 Å². The number of aromatic nitrogens is 2. The van der Waals surface area contributed by atoms with Crippen molar-refractivity contribution < 1.29 is 42.5 Å². The first-order valence-electron chi connectivity index (χ1n) is 6.81. The van der Waals surface area contributed by atoms with Crippen molar-refractivity contribution >= 4 is 21.5 Å². The van der Waals surface area contributed by atoms with Gasteiger partial charge in [0.25, 0.3) is 0 Å². The summed E-state index contributed by atoms with van der Waals surface area (Å²) in [6, 6.07) is 0. The lowest BCUT2D eigenvalue weighted by Gasteiger charge is -2.18. The van der Waals surface area contributed by atoms with Crippen LogP contribution >= 0.6 is 15.6 Å². The number of anilines is 1. The molecule has 1 aromatic rings. The molecule has 1 aromatic heterocycles.